The van der Waals surface area contributed by atoms with Crippen molar-refractivity contribution in [2.45, 2.75) is 13.3 Å². The molecule has 0 bridgehead atoms. The number of ether oxygens (including phenoxy) is 3. The van der Waals surface area contributed by atoms with Gasteiger partial charge in [-0.25, -0.2) is 5.43 Å². The molecule has 0 fully saturated rings. The minimum Gasteiger partial charge on any atom is -0.493 e. The molecular formula is C25H27N3O5. The van der Waals surface area contributed by atoms with Crippen molar-refractivity contribution in [2.24, 2.45) is 5.10 Å². The van der Waals surface area contributed by atoms with Crippen LogP contribution in [0.4, 0.5) is 0 Å². The number of amides is 2. The van der Waals surface area contributed by atoms with Gasteiger partial charge in [0.2, 0.25) is 0 Å². The lowest BCUT2D eigenvalue weighted by atomic mass is 10.0. The molecule has 2 N–H and O–H groups in total. The fourth-order valence-electron chi connectivity index (χ4n) is 3.20. The molecule has 2 amide bonds. The van der Waals surface area contributed by atoms with E-state index in [0.29, 0.717) is 29.4 Å². The standard InChI is InChI=1S/C25H27N3O5/c1-4-13-33-21-11-9-17-7-5-6-8-19(17)20(21)15-27-28-24(29)16-26-25(30)18-10-12-22(31-2)23(14-18)32-3/h5-12,14-15H,4,13,16H2,1-3H3,(H,26,30)(H,28,29). The van der Waals surface area contributed by atoms with Gasteiger partial charge in [0, 0.05) is 11.1 Å². The molecule has 0 saturated carbocycles. The Labute approximate surface area is 192 Å². The Morgan fingerprint density at radius 2 is 1.73 bits per heavy atom. The first kappa shape index (κ1) is 23.6. The van der Waals surface area contributed by atoms with Gasteiger partial charge in [0.1, 0.15) is 5.75 Å². The number of benzene rings is 3. The van der Waals surface area contributed by atoms with Crippen molar-refractivity contribution >= 4 is 28.8 Å². The van der Waals surface area contributed by atoms with E-state index in [1.54, 1.807) is 24.4 Å². The topological polar surface area (TPSA) is 98.2 Å². The Morgan fingerprint density at radius 1 is 0.970 bits per heavy atom. The number of methoxy groups -OCH3 is 2. The van der Waals surface area contributed by atoms with Crippen molar-refractivity contribution in [3.63, 3.8) is 0 Å². The normalized spacial score (nSPS) is 10.8. The van der Waals surface area contributed by atoms with E-state index in [1.165, 1.54) is 14.2 Å². The smallest absolute Gasteiger partial charge is 0.259 e. The van der Waals surface area contributed by atoms with E-state index in [1.807, 2.05) is 43.3 Å². The maximum atomic E-state index is 12.4. The van der Waals surface area contributed by atoms with Crippen molar-refractivity contribution in [1.82, 2.24) is 10.7 Å². The van der Waals surface area contributed by atoms with Crippen LogP contribution in [0.2, 0.25) is 0 Å². The van der Waals surface area contributed by atoms with Crippen molar-refractivity contribution in [3.8, 4) is 17.2 Å². The van der Waals surface area contributed by atoms with Gasteiger partial charge in [-0.2, -0.15) is 5.10 Å². The summed E-state index contributed by atoms with van der Waals surface area (Å²) in [5.74, 6) is 0.748. The van der Waals surface area contributed by atoms with Gasteiger partial charge >= 0.3 is 0 Å². The molecule has 0 atom stereocenters. The molecule has 3 aromatic carbocycles. The number of hydrogen-bond donors (Lipinski definition) is 2. The average Bonchev–Trinajstić information content (AvgIpc) is 2.86. The first-order valence-electron chi connectivity index (χ1n) is 10.5. The molecule has 8 nitrogen and oxygen atoms in total. The highest BCUT2D eigenvalue weighted by Gasteiger charge is 2.12. The predicted molar refractivity (Wildman–Crippen MR) is 127 cm³/mol. The third-order valence-corrected chi connectivity index (χ3v) is 4.83. The highest BCUT2D eigenvalue weighted by molar-refractivity contribution is 6.03. The largest absolute Gasteiger partial charge is 0.493 e. The summed E-state index contributed by atoms with van der Waals surface area (Å²) in [5, 5.41) is 8.63. The van der Waals surface area contributed by atoms with E-state index in [2.05, 4.69) is 15.8 Å². The Kier molecular flexibility index (Phi) is 8.24. The molecule has 33 heavy (non-hydrogen) atoms. The van der Waals surface area contributed by atoms with Crippen LogP contribution in [0.25, 0.3) is 10.8 Å². The van der Waals surface area contributed by atoms with Gasteiger partial charge in [0.25, 0.3) is 11.8 Å². The van der Waals surface area contributed by atoms with E-state index >= 15 is 0 Å². The van der Waals surface area contributed by atoms with Gasteiger partial charge in [-0.1, -0.05) is 37.3 Å². The van der Waals surface area contributed by atoms with Crippen LogP contribution in [-0.2, 0) is 4.79 Å². The zero-order chi connectivity index (χ0) is 23.6. The van der Waals surface area contributed by atoms with Crippen LogP contribution in [0.1, 0.15) is 29.3 Å². The maximum absolute atomic E-state index is 12.4. The minimum absolute atomic E-state index is 0.237. The molecule has 0 aliphatic rings. The zero-order valence-corrected chi connectivity index (χ0v) is 18.9. The van der Waals surface area contributed by atoms with E-state index in [9.17, 15) is 9.59 Å². The van der Waals surface area contributed by atoms with E-state index in [-0.39, 0.29) is 6.54 Å². The summed E-state index contributed by atoms with van der Waals surface area (Å²) < 4.78 is 16.2. The van der Waals surface area contributed by atoms with Crippen LogP contribution in [0.15, 0.2) is 59.7 Å². The molecule has 0 unspecified atom stereocenters. The van der Waals surface area contributed by atoms with Gasteiger partial charge in [0.05, 0.1) is 33.6 Å². The maximum Gasteiger partial charge on any atom is 0.259 e. The van der Waals surface area contributed by atoms with E-state index in [0.717, 1.165) is 22.8 Å². The summed E-state index contributed by atoms with van der Waals surface area (Å²) in [6, 6.07) is 16.5. The molecule has 0 spiro atoms. The van der Waals surface area contributed by atoms with E-state index < -0.39 is 11.8 Å². The summed E-state index contributed by atoms with van der Waals surface area (Å²) in [7, 11) is 3.00. The van der Waals surface area contributed by atoms with Crippen molar-refractivity contribution < 1.29 is 23.8 Å². The summed E-state index contributed by atoms with van der Waals surface area (Å²) in [5.41, 5.74) is 3.56. The summed E-state index contributed by atoms with van der Waals surface area (Å²) >= 11 is 0. The molecule has 0 aliphatic carbocycles. The van der Waals surface area contributed by atoms with Crippen LogP contribution >= 0.6 is 0 Å². The highest BCUT2D eigenvalue weighted by atomic mass is 16.5. The lowest BCUT2D eigenvalue weighted by molar-refractivity contribution is -0.120. The first-order valence-corrected chi connectivity index (χ1v) is 10.5. The number of hydrogen-bond acceptors (Lipinski definition) is 6. The van der Waals surface area contributed by atoms with Gasteiger partial charge in [-0.05, 0) is 41.5 Å². The van der Waals surface area contributed by atoms with E-state index in [4.69, 9.17) is 14.2 Å². The zero-order valence-electron chi connectivity index (χ0n) is 18.9. The molecule has 3 rings (SSSR count). The summed E-state index contributed by atoms with van der Waals surface area (Å²) in [4.78, 5) is 24.6. The Morgan fingerprint density at radius 3 is 2.48 bits per heavy atom. The molecule has 0 aliphatic heterocycles. The third kappa shape index (κ3) is 6.00. The van der Waals surface area contributed by atoms with Crippen LogP contribution in [-0.4, -0.2) is 45.4 Å². The lowest BCUT2D eigenvalue weighted by Crippen LogP contribution is -2.34. The molecular weight excluding hydrogens is 422 g/mol. The lowest BCUT2D eigenvalue weighted by Gasteiger charge is -2.11. The Hall–Kier alpha value is -4.07. The number of hydrazone groups is 1. The number of nitrogens with zero attached hydrogens (tertiary/aromatic N) is 1. The molecule has 0 saturated heterocycles. The van der Waals surface area contributed by atoms with Crippen LogP contribution in [0, 0.1) is 0 Å². The van der Waals surface area contributed by atoms with Gasteiger partial charge < -0.3 is 19.5 Å². The molecule has 8 heteroatoms. The summed E-state index contributed by atoms with van der Waals surface area (Å²) in [6.07, 6.45) is 2.43. The second-order valence-electron chi connectivity index (χ2n) is 7.09. The van der Waals surface area contributed by atoms with Crippen LogP contribution < -0.4 is 25.0 Å². The second kappa shape index (κ2) is 11.5. The number of fused-ring (bicyclic) bond motifs is 1. The minimum atomic E-state index is -0.462. The second-order valence-corrected chi connectivity index (χ2v) is 7.09. The Bertz CT molecular complexity index is 1160. The molecule has 172 valence electrons. The van der Waals surface area contributed by atoms with Crippen molar-refractivity contribution in [3.05, 3.63) is 65.7 Å². The van der Waals surface area contributed by atoms with Crippen LogP contribution in [0.3, 0.4) is 0 Å². The monoisotopic (exact) mass is 449 g/mol. The quantitative estimate of drug-likeness (QED) is 0.365. The van der Waals surface area contributed by atoms with Crippen LogP contribution in [0.5, 0.6) is 17.2 Å². The number of nitrogens with one attached hydrogen (secondary N) is 2. The fourth-order valence-corrected chi connectivity index (χ4v) is 3.20. The molecule has 0 radical (unpaired) electrons. The fraction of sp³-hybridized carbons (Fsp3) is 0.240. The number of carbonyl (C=O) groups is 2. The van der Waals surface area contributed by atoms with Crippen molar-refractivity contribution in [2.75, 3.05) is 27.4 Å². The van der Waals surface area contributed by atoms with Gasteiger partial charge in [-0.15, -0.1) is 0 Å². The molecule has 3 aromatic rings. The number of rotatable bonds is 10. The number of carbonyl (C=O) groups excluding carboxylic acids is 2. The summed E-state index contributed by atoms with van der Waals surface area (Å²) in [6.45, 7) is 2.37. The highest BCUT2D eigenvalue weighted by Crippen LogP contribution is 2.28. The molecule has 0 aromatic heterocycles. The van der Waals surface area contributed by atoms with Gasteiger partial charge in [-0.3, -0.25) is 9.59 Å². The Balaban J connectivity index is 1.63. The third-order valence-electron chi connectivity index (χ3n) is 4.83. The SMILES string of the molecule is CCCOc1ccc2ccccc2c1C=NNC(=O)CNC(=O)c1ccc(OC)c(OC)c1. The van der Waals surface area contributed by atoms with Crippen molar-refractivity contribution in [1.29, 1.82) is 0 Å². The average molecular weight is 450 g/mol. The molecule has 0 heterocycles. The van der Waals surface area contributed by atoms with Gasteiger partial charge in [0.15, 0.2) is 11.5 Å². The first-order chi connectivity index (χ1) is 16.1. The predicted octanol–water partition coefficient (Wildman–Crippen LogP) is 3.53.